The molecule has 4 heteroatoms. The van der Waals surface area contributed by atoms with Crippen molar-refractivity contribution in [2.45, 2.75) is 26.3 Å². The summed E-state index contributed by atoms with van der Waals surface area (Å²) in [5.74, 6) is 0. The Labute approximate surface area is 106 Å². The lowest BCUT2D eigenvalue weighted by Gasteiger charge is -1.97. The van der Waals surface area contributed by atoms with Crippen LogP contribution in [0.5, 0.6) is 0 Å². The molecule has 0 saturated carbocycles. The van der Waals surface area contributed by atoms with E-state index < -0.39 is 0 Å². The van der Waals surface area contributed by atoms with Crippen LogP contribution in [-0.4, -0.2) is 16.8 Å². The fourth-order valence-corrected chi connectivity index (χ4v) is 2.88. The number of nitrogens with zero attached hydrogens (tertiary/aromatic N) is 2. The van der Waals surface area contributed by atoms with Gasteiger partial charge < -0.3 is 5.32 Å². The van der Waals surface area contributed by atoms with Crippen LogP contribution in [0.1, 0.15) is 23.9 Å². The first-order valence-corrected chi connectivity index (χ1v) is 6.87. The lowest BCUT2D eigenvalue weighted by molar-refractivity contribution is 0.733. The predicted molar refractivity (Wildman–Crippen MR) is 73.3 cm³/mol. The van der Waals surface area contributed by atoms with Crippen molar-refractivity contribution >= 4 is 11.3 Å². The van der Waals surface area contributed by atoms with Crippen LogP contribution in [0.25, 0.3) is 11.1 Å². The van der Waals surface area contributed by atoms with Crippen LogP contribution < -0.4 is 5.32 Å². The quantitative estimate of drug-likeness (QED) is 0.883. The zero-order valence-electron chi connectivity index (χ0n) is 10.7. The van der Waals surface area contributed by atoms with Gasteiger partial charge in [-0.25, -0.2) is 0 Å². The number of hydrogen-bond donors (Lipinski definition) is 1. The van der Waals surface area contributed by atoms with Gasteiger partial charge in [-0.1, -0.05) is 13.3 Å². The van der Waals surface area contributed by atoms with Crippen LogP contribution in [0, 0.1) is 0 Å². The molecule has 0 aromatic carbocycles. The number of rotatable bonds is 5. The Bertz CT molecular complexity index is 485. The molecule has 0 saturated heterocycles. The van der Waals surface area contributed by atoms with Crippen LogP contribution >= 0.6 is 11.3 Å². The molecule has 92 valence electrons. The fraction of sp³-hybridized carbons (Fsp3) is 0.462. The molecule has 0 aliphatic carbocycles. The van der Waals surface area contributed by atoms with Gasteiger partial charge in [0.05, 0.1) is 5.69 Å². The van der Waals surface area contributed by atoms with Gasteiger partial charge in [0.2, 0.25) is 0 Å². The zero-order chi connectivity index (χ0) is 12.3. The molecule has 0 bridgehead atoms. The molecule has 17 heavy (non-hydrogen) atoms. The molecule has 2 aromatic rings. The molecule has 0 aliphatic rings. The molecule has 0 atom stereocenters. The van der Waals surface area contributed by atoms with Crippen molar-refractivity contribution in [2.75, 3.05) is 7.05 Å². The molecule has 0 fully saturated rings. The SMILES string of the molecule is CCCc1nn(C)cc1-c1csc(CNC)c1. The lowest BCUT2D eigenvalue weighted by atomic mass is 10.1. The summed E-state index contributed by atoms with van der Waals surface area (Å²) in [6.07, 6.45) is 4.31. The Morgan fingerprint density at radius 1 is 1.47 bits per heavy atom. The van der Waals surface area contributed by atoms with Crippen molar-refractivity contribution in [1.29, 1.82) is 0 Å². The third-order valence-electron chi connectivity index (χ3n) is 2.71. The van der Waals surface area contributed by atoms with Gasteiger partial charge >= 0.3 is 0 Å². The molecule has 1 N–H and O–H groups in total. The highest BCUT2D eigenvalue weighted by atomic mass is 32.1. The molecule has 0 amide bonds. The maximum absolute atomic E-state index is 4.54. The smallest absolute Gasteiger partial charge is 0.0703 e. The van der Waals surface area contributed by atoms with Crippen molar-refractivity contribution in [3.05, 3.63) is 28.2 Å². The zero-order valence-corrected chi connectivity index (χ0v) is 11.5. The maximum atomic E-state index is 4.54. The van der Waals surface area contributed by atoms with E-state index >= 15 is 0 Å². The topological polar surface area (TPSA) is 29.9 Å². The van der Waals surface area contributed by atoms with Gasteiger partial charge in [-0.05, 0) is 30.5 Å². The van der Waals surface area contributed by atoms with E-state index in [0.717, 1.165) is 19.4 Å². The highest BCUT2D eigenvalue weighted by molar-refractivity contribution is 7.10. The van der Waals surface area contributed by atoms with E-state index in [4.69, 9.17) is 0 Å². The Morgan fingerprint density at radius 3 is 3.00 bits per heavy atom. The van der Waals surface area contributed by atoms with Gasteiger partial charge in [0.25, 0.3) is 0 Å². The van der Waals surface area contributed by atoms with Gasteiger partial charge in [-0.3, -0.25) is 4.68 Å². The van der Waals surface area contributed by atoms with E-state index in [-0.39, 0.29) is 0 Å². The van der Waals surface area contributed by atoms with E-state index in [9.17, 15) is 0 Å². The molecule has 0 aliphatic heterocycles. The molecule has 2 heterocycles. The van der Waals surface area contributed by atoms with Crippen LogP contribution in [0.3, 0.4) is 0 Å². The minimum absolute atomic E-state index is 0.939. The van der Waals surface area contributed by atoms with Crippen molar-refractivity contribution in [3.63, 3.8) is 0 Å². The van der Waals surface area contributed by atoms with Crippen molar-refractivity contribution < 1.29 is 0 Å². The van der Waals surface area contributed by atoms with Gasteiger partial charge in [-0.15, -0.1) is 11.3 Å². The minimum atomic E-state index is 0.939. The minimum Gasteiger partial charge on any atom is -0.315 e. The number of thiophene rings is 1. The molecule has 3 nitrogen and oxygen atoms in total. The maximum Gasteiger partial charge on any atom is 0.0703 e. The van der Waals surface area contributed by atoms with Gasteiger partial charge in [0, 0.05) is 30.2 Å². The molecular weight excluding hydrogens is 230 g/mol. The summed E-state index contributed by atoms with van der Waals surface area (Å²) in [4.78, 5) is 1.37. The van der Waals surface area contributed by atoms with E-state index in [1.807, 2.05) is 18.8 Å². The van der Waals surface area contributed by atoms with E-state index in [2.05, 4.69) is 35.0 Å². The first kappa shape index (κ1) is 12.3. The first-order valence-electron chi connectivity index (χ1n) is 5.99. The summed E-state index contributed by atoms with van der Waals surface area (Å²) >= 11 is 1.81. The fourth-order valence-electron chi connectivity index (χ4n) is 1.99. The predicted octanol–water partition coefficient (Wildman–Crippen LogP) is 2.82. The van der Waals surface area contributed by atoms with E-state index in [1.54, 1.807) is 11.3 Å². The van der Waals surface area contributed by atoms with Gasteiger partial charge in [0.1, 0.15) is 0 Å². The van der Waals surface area contributed by atoms with Crippen LogP contribution in [0.2, 0.25) is 0 Å². The van der Waals surface area contributed by atoms with Crippen LogP contribution in [0.4, 0.5) is 0 Å². The Morgan fingerprint density at radius 2 is 2.29 bits per heavy atom. The second kappa shape index (κ2) is 5.47. The molecular formula is C13H19N3S. The summed E-state index contributed by atoms with van der Waals surface area (Å²) < 4.78 is 1.91. The molecule has 0 unspecified atom stereocenters. The Hall–Kier alpha value is -1.13. The highest BCUT2D eigenvalue weighted by Crippen LogP contribution is 2.28. The second-order valence-corrected chi connectivity index (χ2v) is 5.24. The summed E-state index contributed by atoms with van der Waals surface area (Å²) in [6, 6.07) is 2.26. The summed E-state index contributed by atoms with van der Waals surface area (Å²) in [6.45, 7) is 3.13. The number of hydrogen-bond acceptors (Lipinski definition) is 3. The van der Waals surface area contributed by atoms with Gasteiger partial charge in [-0.2, -0.15) is 5.10 Å². The van der Waals surface area contributed by atoms with E-state index in [1.165, 1.54) is 21.7 Å². The average Bonchev–Trinajstić information content (AvgIpc) is 2.87. The highest BCUT2D eigenvalue weighted by Gasteiger charge is 2.10. The molecule has 0 spiro atoms. The summed E-state index contributed by atoms with van der Waals surface area (Å²) in [5.41, 5.74) is 3.80. The van der Waals surface area contributed by atoms with Crippen LogP contribution in [-0.2, 0) is 20.0 Å². The van der Waals surface area contributed by atoms with Crippen molar-refractivity contribution in [2.24, 2.45) is 7.05 Å². The standard InChI is InChI=1S/C13H19N3S/c1-4-5-13-12(8-16(3)15-13)10-6-11(7-14-2)17-9-10/h6,8-9,14H,4-5,7H2,1-3H3. The summed E-state index contributed by atoms with van der Waals surface area (Å²) in [5, 5.41) is 9.95. The molecule has 2 aromatic heterocycles. The molecule has 0 radical (unpaired) electrons. The van der Waals surface area contributed by atoms with Crippen LogP contribution in [0.15, 0.2) is 17.6 Å². The Balaban J connectivity index is 2.30. The third-order valence-corrected chi connectivity index (χ3v) is 3.64. The molecule has 2 rings (SSSR count). The number of aromatic nitrogens is 2. The number of nitrogens with one attached hydrogen (secondary N) is 1. The third kappa shape index (κ3) is 2.76. The normalized spacial score (nSPS) is 11.0. The van der Waals surface area contributed by atoms with Gasteiger partial charge in [0.15, 0.2) is 0 Å². The average molecular weight is 249 g/mol. The Kier molecular flexibility index (Phi) is 3.97. The van der Waals surface area contributed by atoms with E-state index in [0.29, 0.717) is 0 Å². The van der Waals surface area contributed by atoms with Crippen molar-refractivity contribution in [1.82, 2.24) is 15.1 Å². The number of aryl methyl sites for hydroxylation is 2. The lowest BCUT2D eigenvalue weighted by Crippen LogP contribution is -2.02. The van der Waals surface area contributed by atoms with Crippen molar-refractivity contribution in [3.8, 4) is 11.1 Å². The summed E-state index contributed by atoms with van der Waals surface area (Å²) in [7, 11) is 3.97. The monoisotopic (exact) mass is 249 g/mol. The largest absolute Gasteiger partial charge is 0.315 e. The second-order valence-electron chi connectivity index (χ2n) is 4.25. The first-order chi connectivity index (χ1) is 8.24.